The molecule has 2 aromatic heterocycles. The first-order valence-corrected chi connectivity index (χ1v) is 11.8. The second-order valence-corrected chi connectivity index (χ2v) is 8.77. The molecule has 0 bridgehead atoms. The number of benzene rings is 2. The van der Waals surface area contributed by atoms with E-state index in [4.69, 9.17) is 19.9 Å². The Kier molecular flexibility index (Phi) is 6.57. The number of hydrogen-bond acceptors (Lipinski definition) is 10. The summed E-state index contributed by atoms with van der Waals surface area (Å²) < 4.78 is 16.6. The van der Waals surface area contributed by atoms with Gasteiger partial charge in [0, 0.05) is 30.6 Å². The van der Waals surface area contributed by atoms with Crippen molar-refractivity contribution in [2.24, 2.45) is 5.73 Å². The van der Waals surface area contributed by atoms with E-state index in [2.05, 4.69) is 30.2 Å². The van der Waals surface area contributed by atoms with Crippen molar-refractivity contribution in [3.63, 3.8) is 0 Å². The van der Waals surface area contributed by atoms with Crippen LogP contribution in [0.2, 0.25) is 0 Å². The van der Waals surface area contributed by atoms with Crippen LogP contribution in [0.3, 0.4) is 0 Å². The van der Waals surface area contributed by atoms with Crippen molar-refractivity contribution in [1.29, 1.82) is 0 Å². The average molecular weight is 492 g/mol. The molecule has 1 saturated heterocycles. The summed E-state index contributed by atoms with van der Waals surface area (Å²) in [5, 5.41) is 4.28. The van der Waals surface area contributed by atoms with Crippen LogP contribution in [0.25, 0.3) is 21.8 Å². The molecular formula is C25H29N7O4. The number of hydrogen-bond donors (Lipinski definition) is 3. The van der Waals surface area contributed by atoms with Gasteiger partial charge in [-0.15, -0.1) is 0 Å². The van der Waals surface area contributed by atoms with E-state index in [0.29, 0.717) is 46.2 Å². The van der Waals surface area contributed by atoms with Crippen molar-refractivity contribution in [3.05, 3.63) is 46.4 Å². The Bertz CT molecular complexity index is 1470. The van der Waals surface area contributed by atoms with E-state index in [1.807, 2.05) is 19.1 Å². The van der Waals surface area contributed by atoms with Crippen molar-refractivity contribution < 1.29 is 14.2 Å². The van der Waals surface area contributed by atoms with E-state index in [1.54, 1.807) is 32.4 Å². The minimum atomic E-state index is -0.289. The zero-order valence-corrected chi connectivity index (χ0v) is 20.5. The summed E-state index contributed by atoms with van der Waals surface area (Å²) >= 11 is 0. The maximum atomic E-state index is 12.8. The molecule has 0 spiro atoms. The van der Waals surface area contributed by atoms with Crippen LogP contribution in [0.1, 0.15) is 12.1 Å². The number of aromatic nitrogens is 4. The fraction of sp³-hybridized carbons (Fsp3) is 0.360. The molecule has 188 valence electrons. The van der Waals surface area contributed by atoms with E-state index < -0.39 is 0 Å². The smallest absolute Gasteiger partial charge is 0.260 e. The largest absolute Gasteiger partial charge is 0.493 e. The maximum Gasteiger partial charge on any atom is 0.260 e. The third-order valence-corrected chi connectivity index (χ3v) is 6.28. The van der Waals surface area contributed by atoms with Crippen molar-refractivity contribution in [1.82, 2.24) is 24.8 Å². The summed E-state index contributed by atoms with van der Waals surface area (Å²) in [6.07, 6.45) is 1.01. The molecule has 1 fully saturated rings. The van der Waals surface area contributed by atoms with Gasteiger partial charge in [-0.1, -0.05) is 0 Å². The molecule has 0 amide bonds. The number of fused-ring (bicyclic) bond motifs is 2. The lowest BCUT2D eigenvalue weighted by Crippen LogP contribution is -2.29. The highest BCUT2D eigenvalue weighted by Gasteiger charge is 2.18. The first-order chi connectivity index (χ1) is 17.4. The minimum Gasteiger partial charge on any atom is -0.493 e. The Morgan fingerprint density at radius 3 is 2.64 bits per heavy atom. The lowest BCUT2D eigenvalue weighted by atomic mass is 10.1. The number of nitrogens with one attached hydrogen (secondary N) is 2. The fourth-order valence-corrected chi connectivity index (χ4v) is 4.40. The van der Waals surface area contributed by atoms with Gasteiger partial charge in [0.25, 0.3) is 5.56 Å². The molecule has 3 heterocycles. The Hall–Kier alpha value is -3.96. The molecule has 1 atom stereocenters. The van der Waals surface area contributed by atoms with Gasteiger partial charge in [-0.2, -0.15) is 0 Å². The van der Waals surface area contributed by atoms with Gasteiger partial charge < -0.3 is 19.9 Å². The van der Waals surface area contributed by atoms with E-state index in [-0.39, 0.29) is 17.5 Å². The average Bonchev–Trinajstić information content (AvgIpc) is 3.28. The number of anilines is 2. The molecule has 11 heteroatoms. The minimum absolute atomic E-state index is 0.241. The highest BCUT2D eigenvalue weighted by molar-refractivity contribution is 5.86. The number of ether oxygens (including phenoxy) is 3. The van der Waals surface area contributed by atoms with Crippen LogP contribution < -0.4 is 30.8 Å². The predicted octanol–water partition coefficient (Wildman–Crippen LogP) is 2.35. The summed E-state index contributed by atoms with van der Waals surface area (Å²) in [4.78, 5) is 31.4. The number of methoxy groups -OCH3 is 2. The first-order valence-electron chi connectivity index (χ1n) is 11.8. The number of likely N-dealkylation sites (tertiary alicyclic amines) is 1. The molecule has 0 saturated carbocycles. The Balaban J connectivity index is 1.35. The summed E-state index contributed by atoms with van der Waals surface area (Å²) in [6.45, 7) is 5.08. The molecule has 11 nitrogen and oxygen atoms in total. The Labute approximate surface area is 207 Å². The van der Waals surface area contributed by atoms with Gasteiger partial charge in [0.15, 0.2) is 11.5 Å². The lowest BCUT2D eigenvalue weighted by molar-refractivity contribution is 0.236. The molecule has 2 aromatic carbocycles. The molecule has 0 radical (unpaired) electrons. The zero-order valence-electron chi connectivity index (χ0n) is 20.5. The predicted molar refractivity (Wildman–Crippen MR) is 138 cm³/mol. The zero-order chi connectivity index (χ0) is 25.2. The molecule has 1 unspecified atom stereocenters. The van der Waals surface area contributed by atoms with Crippen molar-refractivity contribution in [3.8, 4) is 17.2 Å². The normalized spacial score (nSPS) is 15.9. The summed E-state index contributed by atoms with van der Waals surface area (Å²) in [5.41, 5.74) is 7.60. The van der Waals surface area contributed by atoms with Gasteiger partial charge in [-0.05, 0) is 44.2 Å². The van der Waals surface area contributed by atoms with Crippen LogP contribution in [-0.2, 0) is 0 Å². The van der Waals surface area contributed by atoms with Crippen molar-refractivity contribution in [2.75, 3.05) is 45.8 Å². The molecule has 1 aliphatic rings. The topological polar surface area (TPSA) is 141 Å². The molecule has 1 aliphatic heterocycles. The van der Waals surface area contributed by atoms with Crippen LogP contribution in [0.5, 0.6) is 17.2 Å². The number of rotatable bonds is 8. The van der Waals surface area contributed by atoms with Gasteiger partial charge in [-0.3, -0.25) is 20.0 Å². The molecule has 5 rings (SSSR count). The van der Waals surface area contributed by atoms with Gasteiger partial charge >= 0.3 is 0 Å². The molecule has 36 heavy (non-hydrogen) atoms. The highest BCUT2D eigenvalue weighted by atomic mass is 16.5. The summed E-state index contributed by atoms with van der Waals surface area (Å²) in [5.74, 6) is 2.33. The second-order valence-electron chi connectivity index (χ2n) is 8.77. The van der Waals surface area contributed by atoms with Gasteiger partial charge in [0.1, 0.15) is 12.4 Å². The summed E-state index contributed by atoms with van der Waals surface area (Å²) in [6, 6.07) is 9.14. The van der Waals surface area contributed by atoms with Crippen molar-refractivity contribution >= 4 is 33.7 Å². The standard InChI is InChI=1S/C25H29N7O4/c1-14-17-11-21(34-2)22(35-3)12-20(17)29-24(27-14)31-25-28-19-5-4-16(10-18(19)23(33)30-25)36-9-8-32-7-6-15(26)13-32/h4-5,10-12,15H,6-9,13,26H2,1-3H3,(H2,27,28,29,30,31,33). The van der Waals surface area contributed by atoms with Gasteiger partial charge in [-0.25, -0.2) is 15.0 Å². The number of nitrogens with two attached hydrogens (primary N) is 1. The van der Waals surface area contributed by atoms with Crippen LogP contribution in [0, 0.1) is 6.92 Å². The second kappa shape index (κ2) is 9.96. The van der Waals surface area contributed by atoms with E-state index >= 15 is 0 Å². The lowest BCUT2D eigenvalue weighted by Gasteiger charge is -2.15. The fourth-order valence-electron chi connectivity index (χ4n) is 4.40. The monoisotopic (exact) mass is 491 g/mol. The van der Waals surface area contributed by atoms with E-state index in [0.717, 1.165) is 37.1 Å². The number of aryl methyl sites for hydroxylation is 1. The molecule has 4 N–H and O–H groups in total. The van der Waals surface area contributed by atoms with Crippen LogP contribution >= 0.6 is 0 Å². The van der Waals surface area contributed by atoms with E-state index in [1.165, 1.54) is 0 Å². The molecule has 0 aliphatic carbocycles. The SMILES string of the molecule is COc1cc2nc(Nc3nc4ccc(OCCN5CCC(N)C5)cc4c(=O)[nH]3)nc(C)c2cc1OC. The van der Waals surface area contributed by atoms with E-state index in [9.17, 15) is 4.79 Å². The van der Waals surface area contributed by atoms with Crippen LogP contribution in [0.15, 0.2) is 35.1 Å². The van der Waals surface area contributed by atoms with Crippen LogP contribution in [-0.4, -0.2) is 71.3 Å². The first kappa shape index (κ1) is 23.8. The Morgan fingerprint density at radius 2 is 1.89 bits per heavy atom. The number of aromatic amines is 1. The van der Waals surface area contributed by atoms with Gasteiger partial charge in [0.05, 0.1) is 36.3 Å². The molecular weight excluding hydrogens is 462 g/mol. The third-order valence-electron chi connectivity index (χ3n) is 6.28. The van der Waals surface area contributed by atoms with Crippen LogP contribution in [0.4, 0.5) is 11.9 Å². The quantitative estimate of drug-likeness (QED) is 0.336. The van der Waals surface area contributed by atoms with Crippen molar-refractivity contribution in [2.45, 2.75) is 19.4 Å². The summed E-state index contributed by atoms with van der Waals surface area (Å²) in [7, 11) is 3.15. The molecule has 4 aromatic rings. The number of H-pyrrole nitrogens is 1. The Morgan fingerprint density at radius 1 is 1.08 bits per heavy atom. The number of nitrogens with zero attached hydrogens (tertiary/aromatic N) is 4. The maximum absolute atomic E-state index is 12.8. The third kappa shape index (κ3) is 4.88. The van der Waals surface area contributed by atoms with Gasteiger partial charge in [0.2, 0.25) is 11.9 Å². The highest BCUT2D eigenvalue weighted by Crippen LogP contribution is 2.33.